The summed E-state index contributed by atoms with van der Waals surface area (Å²) in [5.74, 6) is 1.26. The van der Waals surface area contributed by atoms with Gasteiger partial charge >= 0.3 is 0 Å². The lowest BCUT2D eigenvalue weighted by molar-refractivity contribution is -0.116. The number of ether oxygens (including phenoxy) is 2. The van der Waals surface area contributed by atoms with Crippen molar-refractivity contribution in [3.05, 3.63) is 30.4 Å². The van der Waals surface area contributed by atoms with Crippen LogP contribution in [0.15, 0.2) is 30.4 Å². The fourth-order valence-electron chi connectivity index (χ4n) is 2.29. The Hall–Kier alpha value is -2.01. The lowest BCUT2D eigenvalue weighted by Gasteiger charge is -2.13. The third-order valence-corrected chi connectivity index (χ3v) is 3.48. The average Bonchev–Trinajstić information content (AvgIpc) is 3.01. The molecule has 1 aromatic carbocycles. The van der Waals surface area contributed by atoms with Gasteiger partial charge in [-0.2, -0.15) is 0 Å². The maximum absolute atomic E-state index is 12.0. The maximum atomic E-state index is 12.0. The zero-order valence-corrected chi connectivity index (χ0v) is 12.5. The molecule has 0 aromatic heterocycles. The van der Waals surface area contributed by atoms with Crippen molar-refractivity contribution in [2.75, 3.05) is 26.1 Å². The van der Waals surface area contributed by atoms with Crippen molar-refractivity contribution in [1.82, 2.24) is 5.32 Å². The summed E-state index contributed by atoms with van der Waals surface area (Å²) in [5.41, 5.74) is 0.658. The van der Waals surface area contributed by atoms with Crippen LogP contribution >= 0.6 is 0 Å². The Bertz CT molecular complexity index is 506. The van der Waals surface area contributed by atoms with Crippen molar-refractivity contribution in [2.24, 2.45) is 0 Å². The SMILES string of the molecule is COc1ccc(NC(=O)CCNC2CC=CC2)c(OC)c1. The minimum atomic E-state index is -0.0306. The van der Waals surface area contributed by atoms with E-state index in [1.54, 1.807) is 32.4 Å². The molecule has 2 rings (SSSR count). The summed E-state index contributed by atoms with van der Waals surface area (Å²) in [5, 5.41) is 6.23. The van der Waals surface area contributed by atoms with Gasteiger partial charge < -0.3 is 20.1 Å². The molecule has 5 heteroatoms. The molecule has 0 saturated heterocycles. The van der Waals surface area contributed by atoms with E-state index in [9.17, 15) is 4.79 Å². The highest BCUT2D eigenvalue weighted by Gasteiger charge is 2.11. The molecule has 0 atom stereocenters. The average molecular weight is 290 g/mol. The molecule has 1 aliphatic rings. The molecule has 0 saturated carbocycles. The number of amides is 1. The van der Waals surface area contributed by atoms with Crippen LogP contribution < -0.4 is 20.1 Å². The van der Waals surface area contributed by atoms with Crippen molar-refractivity contribution in [1.29, 1.82) is 0 Å². The van der Waals surface area contributed by atoms with Gasteiger partial charge in [0.25, 0.3) is 0 Å². The third-order valence-electron chi connectivity index (χ3n) is 3.48. The molecule has 0 bridgehead atoms. The molecule has 0 spiro atoms. The first-order valence-corrected chi connectivity index (χ1v) is 7.13. The number of carbonyl (C=O) groups is 1. The second kappa shape index (κ2) is 7.69. The molecule has 0 aliphatic heterocycles. The summed E-state index contributed by atoms with van der Waals surface area (Å²) in [6.07, 6.45) is 6.87. The van der Waals surface area contributed by atoms with Crippen LogP contribution in [0.4, 0.5) is 5.69 Å². The Morgan fingerprint density at radius 1 is 1.24 bits per heavy atom. The van der Waals surface area contributed by atoms with E-state index in [0.717, 1.165) is 12.8 Å². The van der Waals surface area contributed by atoms with Gasteiger partial charge in [0.05, 0.1) is 19.9 Å². The number of carbonyl (C=O) groups excluding carboxylic acids is 1. The van der Waals surface area contributed by atoms with Crippen LogP contribution in [-0.4, -0.2) is 32.7 Å². The van der Waals surface area contributed by atoms with Gasteiger partial charge in [0, 0.05) is 25.1 Å². The van der Waals surface area contributed by atoms with E-state index in [1.807, 2.05) is 0 Å². The van der Waals surface area contributed by atoms with Crippen molar-refractivity contribution in [3.63, 3.8) is 0 Å². The Labute approximate surface area is 125 Å². The zero-order chi connectivity index (χ0) is 15.1. The number of nitrogens with one attached hydrogen (secondary N) is 2. The Kier molecular flexibility index (Phi) is 5.63. The van der Waals surface area contributed by atoms with Gasteiger partial charge in [0.1, 0.15) is 11.5 Å². The highest BCUT2D eigenvalue weighted by atomic mass is 16.5. The van der Waals surface area contributed by atoms with E-state index in [4.69, 9.17) is 9.47 Å². The molecular formula is C16H22N2O3. The second-order valence-electron chi connectivity index (χ2n) is 4.96. The van der Waals surface area contributed by atoms with E-state index in [0.29, 0.717) is 36.2 Å². The summed E-state index contributed by atoms with van der Waals surface area (Å²) in [6.45, 7) is 0.677. The molecule has 2 N–H and O–H groups in total. The molecule has 114 valence electrons. The van der Waals surface area contributed by atoms with Gasteiger partial charge in [0.2, 0.25) is 5.91 Å². The normalized spacial score (nSPS) is 14.2. The van der Waals surface area contributed by atoms with E-state index >= 15 is 0 Å². The molecule has 0 radical (unpaired) electrons. The fraction of sp³-hybridized carbons (Fsp3) is 0.438. The summed E-state index contributed by atoms with van der Waals surface area (Å²) in [7, 11) is 3.16. The Morgan fingerprint density at radius 3 is 2.67 bits per heavy atom. The smallest absolute Gasteiger partial charge is 0.225 e. The van der Waals surface area contributed by atoms with E-state index in [-0.39, 0.29) is 5.91 Å². The minimum Gasteiger partial charge on any atom is -0.497 e. The van der Waals surface area contributed by atoms with Crippen molar-refractivity contribution >= 4 is 11.6 Å². The lowest BCUT2D eigenvalue weighted by Crippen LogP contribution is -2.29. The monoisotopic (exact) mass is 290 g/mol. The number of hydrogen-bond donors (Lipinski definition) is 2. The van der Waals surface area contributed by atoms with E-state index in [1.165, 1.54) is 0 Å². The number of methoxy groups -OCH3 is 2. The van der Waals surface area contributed by atoms with Crippen molar-refractivity contribution in [3.8, 4) is 11.5 Å². The van der Waals surface area contributed by atoms with E-state index in [2.05, 4.69) is 22.8 Å². The Morgan fingerprint density at radius 2 is 2.00 bits per heavy atom. The maximum Gasteiger partial charge on any atom is 0.225 e. The molecule has 1 aliphatic carbocycles. The predicted octanol–water partition coefficient (Wildman–Crippen LogP) is 2.34. The number of anilines is 1. The first-order valence-electron chi connectivity index (χ1n) is 7.13. The summed E-state index contributed by atoms with van der Waals surface area (Å²) < 4.78 is 10.4. The summed E-state index contributed by atoms with van der Waals surface area (Å²) in [4.78, 5) is 12.0. The summed E-state index contributed by atoms with van der Waals surface area (Å²) in [6, 6.07) is 5.80. The molecule has 21 heavy (non-hydrogen) atoms. The molecule has 0 unspecified atom stereocenters. The largest absolute Gasteiger partial charge is 0.497 e. The van der Waals surface area contributed by atoms with Crippen LogP contribution in [0.2, 0.25) is 0 Å². The second-order valence-corrected chi connectivity index (χ2v) is 4.96. The third kappa shape index (κ3) is 4.49. The predicted molar refractivity (Wildman–Crippen MR) is 83.0 cm³/mol. The first-order chi connectivity index (χ1) is 10.2. The van der Waals surface area contributed by atoms with Crippen molar-refractivity contribution in [2.45, 2.75) is 25.3 Å². The van der Waals surface area contributed by atoms with Gasteiger partial charge in [-0.3, -0.25) is 4.79 Å². The minimum absolute atomic E-state index is 0.0306. The fourth-order valence-corrected chi connectivity index (χ4v) is 2.29. The number of benzene rings is 1. The molecule has 1 aromatic rings. The topological polar surface area (TPSA) is 59.6 Å². The van der Waals surface area contributed by atoms with Gasteiger partial charge in [-0.25, -0.2) is 0 Å². The molecule has 0 heterocycles. The summed E-state index contributed by atoms with van der Waals surface area (Å²) >= 11 is 0. The van der Waals surface area contributed by atoms with E-state index < -0.39 is 0 Å². The quantitative estimate of drug-likeness (QED) is 0.757. The van der Waals surface area contributed by atoms with Crippen LogP contribution in [0, 0.1) is 0 Å². The Balaban J connectivity index is 1.81. The van der Waals surface area contributed by atoms with Crippen LogP contribution in [0.25, 0.3) is 0 Å². The number of hydrogen-bond acceptors (Lipinski definition) is 4. The molecule has 5 nitrogen and oxygen atoms in total. The lowest BCUT2D eigenvalue weighted by atomic mass is 10.2. The number of rotatable bonds is 7. The molecule has 1 amide bonds. The van der Waals surface area contributed by atoms with Crippen LogP contribution in [0.5, 0.6) is 11.5 Å². The standard InChI is InChI=1S/C16H22N2O3/c1-20-13-7-8-14(15(11-13)21-2)18-16(19)9-10-17-12-5-3-4-6-12/h3-4,7-8,11-12,17H,5-6,9-10H2,1-2H3,(H,18,19). The van der Waals surface area contributed by atoms with Crippen LogP contribution in [0.3, 0.4) is 0 Å². The molecule has 0 fully saturated rings. The highest BCUT2D eigenvalue weighted by molar-refractivity contribution is 5.92. The van der Waals surface area contributed by atoms with Gasteiger partial charge in [0.15, 0.2) is 0 Å². The van der Waals surface area contributed by atoms with Crippen LogP contribution in [-0.2, 0) is 4.79 Å². The first kappa shape index (κ1) is 15.4. The van der Waals surface area contributed by atoms with Crippen LogP contribution in [0.1, 0.15) is 19.3 Å². The van der Waals surface area contributed by atoms with Gasteiger partial charge in [-0.1, -0.05) is 12.2 Å². The molecular weight excluding hydrogens is 268 g/mol. The van der Waals surface area contributed by atoms with Crippen molar-refractivity contribution < 1.29 is 14.3 Å². The van der Waals surface area contributed by atoms with Gasteiger partial charge in [-0.05, 0) is 25.0 Å². The zero-order valence-electron chi connectivity index (χ0n) is 12.5. The highest BCUT2D eigenvalue weighted by Crippen LogP contribution is 2.29. The van der Waals surface area contributed by atoms with Gasteiger partial charge in [-0.15, -0.1) is 0 Å².